The summed E-state index contributed by atoms with van der Waals surface area (Å²) in [6, 6.07) is 9.67. The van der Waals surface area contributed by atoms with Gasteiger partial charge >= 0.3 is 0 Å². The smallest absolute Gasteiger partial charge is 0.271 e. The van der Waals surface area contributed by atoms with Gasteiger partial charge in [0.15, 0.2) is 5.69 Å². The summed E-state index contributed by atoms with van der Waals surface area (Å²) in [5, 5.41) is 13.3. The monoisotopic (exact) mass is 274 g/mol. The van der Waals surface area contributed by atoms with Crippen LogP contribution in [0, 0.1) is 5.82 Å². The largest absolute Gasteiger partial charge is 0.368 e. The van der Waals surface area contributed by atoms with Crippen LogP contribution in [0.3, 0.4) is 0 Å². The van der Waals surface area contributed by atoms with Gasteiger partial charge in [-0.15, -0.1) is 10.2 Å². The summed E-state index contributed by atoms with van der Waals surface area (Å²) in [5.41, 5.74) is 1.31. The molecule has 2 aromatic rings. The molecule has 2 N–H and O–H groups in total. The van der Waals surface area contributed by atoms with E-state index in [-0.39, 0.29) is 17.4 Å². The number of rotatable bonds is 5. The lowest BCUT2D eigenvalue weighted by Gasteiger charge is -2.05. The van der Waals surface area contributed by atoms with Crippen LogP contribution in [0.4, 0.5) is 10.2 Å². The molecule has 1 aromatic heterocycles. The fourth-order valence-corrected chi connectivity index (χ4v) is 1.66. The molecule has 0 spiro atoms. The second kappa shape index (κ2) is 6.60. The van der Waals surface area contributed by atoms with Crippen molar-refractivity contribution < 1.29 is 9.18 Å². The highest BCUT2D eigenvalue weighted by molar-refractivity contribution is 5.91. The molecule has 1 amide bonds. The van der Waals surface area contributed by atoms with Crippen molar-refractivity contribution in [1.82, 2.24) is 15.5 Å². The third-order valence-electron chi connectivity index (χ3n) is 2.76. The Hall–Kier alpha value is -2.50. The molecule has 20 heavy (non-hydrogen) atoms. The van der Waals surface area contributed by atoms with Crippen molar-refractivity contribution in [1.29, 1.82) is 0 Å². The van der Waals surface area contributed by atoms with Gasteiger partial charge in [-0.2, -0.15) is 0 Å². The molecule has 0 fully saturated rings. The first-order chi connectivity index (χ1) is 9.69. The molecule has 5 nitrogen and oxygen atoms in total. The van der Waals surface area contributed by atoms with E-state index >= 15 is 0 Å². The summed E-state index contributed by atoms with van der Waals surface area (Å²) in [6.45, 7) is 0.652. The number of aromatic nitrogens is 2. The average Bonchev–Trinajstić information content (AvgIpc) is 2.49. The molecule has 0 aliphatic heterocycles. The summed E-state index contributed by atoms with van der Waals surface area (Å²) >= 11 is 0. The van der Waals surface area contributed by atoms with Crippen molar-refractivity contribution in [3.63, 3.8) is 0 Å². The van der Waals surface area contributed by atoms with Crippen LogP contribution >= 0.6 is 0 Å². The van der Waals surface area contributed by atoms with Crippen LogP contribution in [-0.4, -0.2) is 29.7 Å². The summed E-state index contributed by atoms with van der Waals surface area (Å²) in [7, 11) is 1.54. The molecular formula is C14H15FN4O. The van der Waals surface area contributed by atoms with Crippen LogP contribution in [0.2, 0.25) is 0 Å². The fraction of sp³-hybridized carbons (Fsp3) is 0.214. The van der Waals surface area contributed by atoms with Gasteiger partial charge in [0, 0.05) is 13.6 Å². The molecule has 1 heterocycles. The van der Waals surface area contributed by atoms with Gasteiger partial charge in [0.25, 0.3) is 5.91 Å². The minimum atomic E-state index is -0.268. The first-order valence-corrected chi connectivity index (χ1v) is 6.23. The fourth-order valence-electron chi connectivity index (χ4n) is 1.66. The van der Waals surface area contributed by atoms with E-state index in [1.807, 2.05) is 0 Å². The molecule has 0 aliphatic carbocycles. The Morgan fingerprint density at radius 3 is 2.50 bits per heavy atom. The predicted molar refractivity (Wildman–Crippen MR) is 74.0 cm³/mol. The van der Waals surface area contributed by atoms with E-state index in [4.69, 9.17) is 0 Å². The first-order valence-electron chi connectivity index (χ1n) is 6.23. The topological polar surface area (TPSA) is 66.9 Å². The van der Waals surface area contributed by atoms with Gasteiger partial charge in [-0.1, -0.05) is 12.1 Å². The van der Waals surface area contributed by atoms with Gasteiger partial charge in [0.1, 0.15) is 11.6 Å². The van der Waals surface area contributed by atoms with E-state index in [1.54, 1.807) is 31.3 Å². The van der Waals surface area contributed by atoms with Crippen molar-refractivity contribution >= 4 is 11.7 Å². The van der Waals surface area contributed by atoms with E-state index in [2.05, 4.69) is 20.8 Å². The molecule has 2 rings (SSSR count). The predicted octanol–water partition coefficient (Wildman–Crippen LogP) is 1.63. The minimum absolute atomic E-state index is 0.239. The highest BCUT2D eigenvalue weighted by Gasteiger charge is 2.05. The highest BCUT2D eigenvalue weighted by Crippen LogP contribution is 2.05. The number of halogens is 1. The maximum atomic E-state index is 12.7. The average molecular weight is 274 g/mol. The Bertz CT molecular complexity index is 569. The third kappa shape index (κ3) is 3.74. The van der Waals surface area contributed by atoms with E-state index < -0.39 is 0 Å². The molecular weight excluding hydrogens is 259 g/mol. The summed E-state index contributed by atoms with van der Waals surface area (Å²) in [4.78, 5) is 11.3. The van der Waals surface area contributed by atoms with Crippen molar-refractivity contribution in [2.75, 3.05) is 18.9 Å². The lowest BCUT2D eigenvalue weighted by atomic mass is 10.1. The lowest BCUT2D eigenvalue weighted by Crippen LogP contribution is -2.20. The van der Waals surface area contributed by atoms with Crippen LogP contribution in [0.1, 0.15) is 16.1 Å². The van der Waals surface area contributed by atoms with E-state index in [9.17, 15) is 9.18 Å². The van der Waals surface area contributed by atoms with E-state index in [1.165, 1.54) is 12.1 Å². The molecule has 0 saturated heterocycles. The Balaban J connectivity index is 1.85. The van der Waals surface area contributed by atoms with Gasteiger partial charge in [0.05, 0.1) is 0 Å². The number of hydrogen-bond acceptors (Lipinski definition) is 4. The number of nitrogens with one attached hydrogen (secondary N) is 2. The van der Waals surface area contributed by atoms with Crippen molar-refractivity contribution in [3.05, 3.63) is 53.5 Å². The molecule has 0 radical (unpaired) electrons. The molecule has 0 unspecified atom stereocenters. The van der Waals surface area contributed by atoms with Gasteiger partial charge in [-0.3, -0.25) is 4.79 Å². The number of carbonyl (C=O) groups excluding carboxylic acids is 1. The minimum Gasteiger partial charge on any atom is -0.368 e. The van der Waals surface area contributed by atoms with Crippen LogP contribution in [-0.2, 0) is 6.42 Å². The standard InChI is InChI=1S/C14H15FN4O/c1-16-14(20)12-6-7-13(19-18-12)17-9-8-10-2-4-11(15)5-3-10/h2-7H,8-9H2,1H3,(H,16,20)(H,17,19). The number of carbonyl (C=O) groups is 1. The first kappa shape index (κ1) is 13.9. The Kier molecular flexibility index (Phi) is 4.60. The van der Waals surface area contributed by atoms with Crippen molar-refractivity contribution in [2.24, 2.45) is 0 Å². The summed E-state index contributed by atoms with van der Waals surface area (Å²) < 4.78 is 12.7. The van der Waals surface area contributed by atoms with Crippen LogP contribution in [0.15, 0.2) is 36.4 Å². The van der Waals surface area contributed by atoms with Crippen molar-refractivity contribution in [3.8, 4) is 0 Å². The second-order valence-corrected chi connectivity index (χ2v) is 4.19. The molecule has 0 saturated carbocycles. The normalized spacial score (nSPS) is 10.1. The summed E-state index contributed by atoms with van der Waals surface area (Å²) in [5.74, 6) is 0.0903. The molecule has 1 aromatic carbocycles. The number of amides is 1. The Morgan fingerprint density at radius 2 is 1.90 bits per heavy atom. The quantitative estimate of drug-likeness (QED) is 0.869. The Labute approximate surface area is 116 Å². The van der Waals surface area contributed by atoms with E-state index in [0.29, 0.717) is 12.4 Å². The van der Waals surface area contributed by atoms with Crippen LogP contribution in [0.5, 0.6) is 0 Å². The maximum absolute atomic E-state index is 12.7. The highest BCUT2D eigenvalue weighted by atomic mass is 19.1. The number of anilines is 1. The third-order valence-corrected chi connectivity index (χ3v) is 2.76. The van der Waals surface area contributed by atoms with E-state index in [0.717, 1.165) is 12.0 Å². The molecule has 6 heteroatoms. The molecule has 0 atom stereocenters. The van der Waals surface area contributed by atoms with Crippen molar-refractivity contribution in [2.45, 2.75) is 6.42 Å². The lowest BCUT2D eigenvalue weighted by molar-refractivity contribution is 0.0957. The molecule has 0 bridgehead atoms. The number of benzene rings is 1. The molecule has 0 aliphatic rings. The van der Waals surface area contributed by atoms with Gasteiger partial charge in [-0.25, -0.2) is 4.39 Å². The van der Waals surface area contributed by atoms with Crippen LogP contribution in [0.25, 0.3) is 0 Å². The maximum Gasteiger partial charge on any atom is 0.271 e. The number of nitrogens with zero attached hydrogens (tertiary/aromatic N) is 2. The second-order valence-electron chi connectivity index (χ2n) is 4.19. The Morgan fingerprint density at radius 1 is 1.15 bits per heavy atom. The van der Waals surface area contributed by atoms with Gasteiger partial charge < -0.3 is 10.6 Å². The number of hydrogen-bond donors (Lipinski definition) is 2. The zero-order valence-electron chi connectivity index (χ0n) is 11.1. The van der Waals surface area contributed by atoms with Gasteiger partial charge in [-0.05, 0) is 36.2 Å². The zero-order chi connectivity index (χ0) is 14.4. The van der Waals surface area contributed by atoms with Gasteiger partial charge in [0.2, 0.25) is 0 Å². The van der Waals surface area contributed by atoms with Crippen LogP contribution < -0.4 is 10.6 Å². The SMILES string of the molecule is CNC(=O)c1ccc(NCCc2ccc(F)cc2)nn1. The zero-order valence-corrected chi connectivity index (χ0v) is 11.1. The summed E-state index contributed by atoms with van der Waals surface area (Å²) in [6.07, 6.45) is 0.749. The molecule has 104 valence electrons.